The number of unbranched alkanes of at least 4 members (excludes halogenated alkanes) is 6. The summed E-state index contributed by atoms with van der Waals surface area (Å²) in [6, 6.07) is 10.6. The van der Waals surface area contributed by atoms with E-state index in [1.807, 2.05) is 0 Å². The topological polar surface area (TPSA) is 0 Å². The number of hydrogen-bond donors (Lipinski definition) is 0. The summed E-state index contributed by atoms with van der Waals surface area (Å²) in [7, 11) is 0. The van der Waals surface area contributed by atoms with Crippen LogP contribution in [0.5, 0.6) is 0 Å². The molecule has 0 aliphatic rings. The molecule has 0 fully saturated rings. The number of rotatable bonds is 9. The van der Waals surface area contributed by atoms with Crippen molar-refractivity contribution in [1.29, 1.82) is 0 Å². The first-order valence-corrected chi connectivity index (χ1v) is 7.55. The van der Waals surface area contributed by atoms with Gasteiger partial charge in [0.15, 0.2) is 0 Å². The molecule has 0 aromatic heterocycles. The maximum Gasteiger partial charge on any atom is -0.0257 e. The third kappa shape index (κ3) is 7.32. The fraction of sp³-hybridized carbons (Fsp3) is 0.556. The third-order valence-corrected chi connectivity index (χ3v) is 3.39. The molecule has 0 amide bonds. The molecule has 0 bridgehead atoms. The molecule has 0 N–H and O–H groups in total. The quantitative estimate of drug-likeness (QED) is 0.452. The number of allylic oxidation sites excluding steroid dienone is 1. The predicted molar refractivity (Wildman–Crippen MR) is 82.7 cm³/mol. The average molecular weight is 244 g/mol. The predicted octanol–water partition coefficient (Wildman–Crippen LogP) is 6.23. The average Bonchev–Trinajstić information content (AvgIpc) is 2.39. The number of benzene rings is 1. The lowest BCUT2D eigenvalue weighted by atomic mass is 10.0. The molecule has 0 saturated heterocycles. The first kappa shape index (κ1) is 15.0. The highest BCUT2D eigenvalue weighted by Gasteiger charge is 1.94. The highest BCUT2D eigenvalue weighted by Crippen LogP contribution is 2.14. The van der Waals surface area contributed by atoms with Crippen LogP contribution in [0.25, 0.3) is 6.08 Å². The first-order chi connectivity index (χ1) is 8.83. The summed E-state index contributed by atoms with van der Waals surface area (Å²) in [5, 5.41) is 0. The van der Waals surface area contributed by atoms with Crippen LogP contribution < -0.4 is 0 Å². The lowest BCUT2D eigenvalue weighted by Gasteiger charge is -2.03. The van der Waals surface area contributed by atoms with Gasteiger partial charge in [-0.15, -0.1) is 0 Å². The largest absolute Gasteiger partial charge is 0.0727 e. The third-order valence-electron chi connectivity index (χ3n) is 3.39. The van der Waals surface area contributed by atoms with Crippen molar-refractivity contribution in [3.05, 3.63) is 41.5 Å². The van der Waals surface area contributed by atoms with Crippen LogP contribution >= 0.6 is 0 Å². The molecule has 0 saturated carbocycles. The van der Waals surface area contributed by atoms with Crippen molar-refractivity contribution in [2.45, 2.75) is 65.2 Å². The molecule has 0 aliphatic heterocycles. The Labute approximate surface area is 113 Å². The smallest absolute Gasteiger partial charge is 0.0257 e. The molecule has 1 aromatic carbocycles. The zero-order valence-electron chi connectivity index (χ0n) is 12.1. The summed E-state index contributed by atoms with van der Waals surface area (Å²) in [4.78, 5) is 0. The fourth-order valence-electron chi connectivity index (χ4n) is 2.27. The van der Waals surface area contributed by atoms with Crippen LogP contribution in [0.15, 0.2) is 35.9 Å². The zero-order valence-corrected chi connectivity index (χ0v) is 12.1. The summed E-state index contributed by atoms with van der Waals surface area (Å²) in [5.74, 6) is 0. The van der Waals surface area contributed by atoms with Gasteiger partial charge in [-0.25, -0.2) is 0 Å². The SMILES string of the molecule is CCCCCCCCCC(C)=Cc1ccccc1. The van der Waals surface area contributed by atoms with Crippen LogP contribution in [0.3, 0.4) is 0 Å². The van der Waals surface area contributed by atoms with E-state index in [9.17, 15) is 0 Å². The van der Waals surface area contributed by atoms with Crippen molar-refractivity contribution in [2.75, 3.05) is 0 Å². The molecule has 0 nitrogen and oxygen atoms in total. The van der Waals surface area contributed by atoms with Crippen LogP contribution in [-0.2, 0) is 0 Å². The Kier molecular flexibility index (Phi) is 8.29. The molecule has 0 aliphatic carbocycles. The molecule has 0 atom stereocenters. The van der Waals surface area contributed by atoms with E-state index in [4.69, 9.17) is 0 Å². The van der Waals surface area contributed by atoms with E-state index in [1.165, 1.54) is 62.5 Å². The minimum atomic E-state index is 1.25. The van der Waals surface area contributed by atoms with E-state index >= 15 is 0 Å². The van der Waals surface area contributed by atoms with Gasteiger partial charge in [0, 0.05) is 0 Å². The molecule has 18 heavy (non-hydrogen) atoms. The van der Waals surface area contributed by atoms with E-state index in [0.29, 0.717) is 0 Å². The molecule has 0 spiro atoms. The Morgan fingerprint density at radius 1 is 0.889 bits per heavy atom. The summed E-state index contributed by atoms with van der Waals surface area (Å²) < 4.78 is 0. The van der Waals surface area contributed by atoms with Crippen LogP contribution in [0.4, 0.5) is 0 Å². The summed E-state index contributed by atoms with van der Waals surface area (Å²) in [5.41, 5.74) is 2.84. The highest BCUT2D eigenvalue weighted by atomic mass is 14.0. The Morgan fingerprint density at radius 3 is 2.17 bits per heavy atom. The van der Waals surface area contributed by atoms with E-state index < -0.39 is 0 Å². The summed E-state index contributed by atoms with van der Waals surface area (Å²) in [6.45, 7) is 4.53. The van der Waals surface area contributed by atoms with Crippen LogP contribution in [0.2, 0.25) is 0 Å². The molecule has 1 rings (SSSR count). The highest BCUT2D eigenvalue weighted by molar-refractivity contribution is 5.51. The van der Waals surface area contributed by atoms with Crippen molar-refractivity contribution in [3.8, 4) is 0 Å². The van der Waals surface area contributed by atoms with Crippen LogP contribution in [0, 0.1) is 0 Å². The molecular weight excluding hydrogens is 216 g/mol. The van der Waals surface area contributed by atoms with Gasteiger partial charge in [-0.2, -0.15) is 0 Å². The summed E-state index contributed by atoms with van der Waals surface area (Å²) in [6.07, 6.45) is 13.3. The van der Waals surface area contributed by atoms with Gasteiger partial charge in [-0.05, 0) is 25.3 Å². The van der Waals surface area contributed by atoms with Gasteiger partial charge < -0.3 is 0 Å². The van der Waals surface area contributed by atoms with Gasteiger partial charge in [-0.3, -0.25) is 0 Å². The van der Waals surface area contributed by atoms with E-state index in [2.05, 4.69) is 50.3 Å². The molecule has 0 unspecified atom stereocenters. The molecule has 0 heterocycles. The first-order valence-electron chi connectivity index (χ1n) is 7.55. The maximum absolute atomic E-state index is 2.32. The lowest BCUT2D eigenvalue weighted by Crippen LogP contribution is -1.82. The van der Waals surface area contributed by atoms with Crippen molar-refractivity contribution in [1.82, 2.24) is 0 Å². The molecule has 0 heteroatoms. The van der Waals surface area contributed by atoms with E-state index in [-0.39, 0.29) is 0 Å². The standard InChI is InChI=1S/C18H28/c1-3-4-5-6-7-8-10-13-17(2)16-18-14-11-9-12-15-18/h9,11-12,14-16H,3-8,10,13H2,1-2H3. The molecule has 0 radical (unpaired) electrons. The van der Waals surface area contributed by atoms with Crippen molar-refractivity contribution < 1.29 is 0 Å². The Morgan fingerprint density at radius 2 is 1.50 bits per heavy atom. The van der Waals surface area contributed by atoms with Gasteiger partial charge >= 0.3 is 0 Å². The zero-order chi connectivity index (χ0) is 13.1. The second-order valence-corrected chi connectivity index (χ2v) is 5.27. The Hall–Kier alpha value is -1.04. The minimum Gasteiger partial charge on any atom is -0.0727 e. The second-order valence-electron chi connectivity index (χ2n) is 5.27. The summed E-state index contributed by atoms with van der Waals surface area (Å²) >= 11 is 0. The normalized spacial score (nSPS) is 11.8. The van der Waals surface area contributed by atoms with Crippen molar-refractivity contribution >= 4 is 6.08 Å². The van der Waals surface area contributed by atoms with Gasteiger partial charge in [0.25, 0.3) is 0 Å². The Bertz CT molecular complexity index is 321. The lowest BCUT2D eigenvalue weighted by molar-refractivity contribution is 0.589. The van der Waals surface area contributed by atoms with E-state index in [0.717, 1.165) is 0 Å². The van der Waals surface area contributed by atoms with Crippen molar-refractivity contribution in [3.63, 3.8) is 0 Å². The maximum atomic E-state index is 2.32. The van der Waals surface area contributed by atoms with Gasteiger partial charge in [0.1, 0.15) is 0 Å². The second kappa shape index (κ2) is 9.94. The van der Waals surface area contributed by atoms with Gasteiger partial charge in [0.05, 0.1) is 0 Å². The molecular formula is C18H28. The fourth-order valence-corrected chi connectivity index (χ4v) is 2.27. The molecule has 100 valence electrons. The Balaban J connectivity index is 2.10. The van der Waals surface area contributed by atoms with Crippen molar-refractivity contribution in [2.24, 2.45) is 0 Å². The van der Waals surface area contributed by atoms with Gasteiger partial charge in [0.2, 0.25) is 0 Å². The van der Waals surface area contributed by atoms with Crippen LogP contribution in [0.1, 0.15) is 70.8 Å². The number of hydrogen-bond acceptors (Lipinski definition) is 0. The monoisotopic (exact) mass is 244 g/mol. The van der Waals surface area contributed by atoms with E-state index in [1.54, 1.807) is 0 Å². The minimum absolute atomic E-state index is 1.25. The molecule has 1 aromatic rings. The van der Waals surface area contributed by atoms with Gasteiger partial charge in [-0.1, -0.05) is 87.4 Å². The van der Waals surface area contributed by atoms with Crippen LogP contribution in [-0.4, -0.2) is 0 Å².